The molecule has 1 aromatic heterocycles. The molecule has 0 aliphatic carbocycles. The van der Waals surface area contributed by atoms with Crippen molar-refractivity contribution in [1.82, 2.24) is 5.32 Å². The van der Waals surface area contributed by atoms with Crippen molar-refractivity contribution in [2.75, 3.05) is 6.54 Å². The minimum absolute atomic E-state index is 0.0765. The fraction of sp³-hybridized carbons (Fsp3) is 0.214. The average Bonchev–Trinajstić information content (AvgIpc) is 2.94. The molecule has 2 aromatic rings. The SMILES string of the molecule is Cc1cc([N+](=O)[O-])cc(C(=O)NCCc2cccs2)c1F. The zero-order chi connectivity index (χ0) is 15.4. The van der Waals surface area contributed by atoms with E-state index in [0.717, 1.165) is 17.0 Å². The van der Waals surface area contributed by atoms with Gasteiger partial charge in [0.05, 0.1) is 10.5 Å². The quantitative estimate of drug-likeness (QED) is 0.681. The van der Waals surface area contributed by atoms with Crippen LogP contribution < -0.4 is 5.32 Å². The van der Waals surface area contributed by atoms with Gasteiger partial charge in [0, 0.05) is 23.6 Å². The number of hydrogen-bond donors (Lipinski definition) is 1. The second-order valence-electron chi connectivity index (χ2n) is 4.47. The second-order valence-corrected chi connectivity index (χ2v) is 5.50. The Morgan fingerprint density at radius 1 is 1.48 bits per heavy atom. The molecular weight excluding hydrogens is 295 g/mol. The number of non-ortho nitro benzene ring substituents is 1. The van der Waals surface area contributed by atoms with Gasteiger partial charge in [-0.2, -0.15) is 0 Å². The summed E-state index contributed by atoms with van der Waals surface area (Å²) in [4.78, 5) is 23.2. The minimum atomic E-state index is -0.728. The fourth-order valence-electron chi connectivity index (χ4n) is 1.87. The summed E-state index contributed by atoms with van der Waals surface area (Å²) in [7, 11) is 0. The van der Waals surface area contributed by atoms with E-state index in [1.54, 1.807) is 11.3 Å². The number of aryl methyl sites for hydroxylation is 1. The van der Waals surface area contributed by atoms with Crippen molar-refractivity contribution in [2.45, 2.75) is 13.3 Å². The number of nitrogens with zero attached hydrogens (tertiary/aromatic N) is 1. The molecule has 0 atom stereocenters. The highest BCUT2D eigenvalue weighted by Gasteiger charge is 2.19. The summed E-state index contributed by atoms with van der Waals surface area (Å²) in [5.41, 5.74) is -0.516. The highest BCUT2D eigenvalue weighted by atomic mass is 32.1. The van der Waals surface area contributed by atoms with Crippen LogP contribution in [-0.4, -0.2) is 17.4 Å². The van der Waals surface area contributed by atoms with Gasteiger partial charge >= 0.3 is 0 Å². The lowest BCUT2D eigenvalue weighted by Gasteiger charge is -2.07. The molecule has 0 aliphatic heterocycles. The largest absolute Gasteiger partial charge is 0.352 e. The minimum Gasteiger partial charge on any atom is -0.352 e. The molecule has 21 heavy (non-hydrogen) atoms. The molecule has 1 aromatic carbocycles. The standard InChI is InChI=1S/C14H13FN2O3S/c1-9-7-10(17(19)20)8-12(13(9)15)14(18)16-5-4-11-3-2-6-21-11/h2-3,6-8H,4-5H2,1H3,(H,16,18). The van der Waals surface area contributed by atoms with Gasteiger partial charge in [0.2, 0.25) is 0 Å². The van der Waals surface area contributed by atoms with E-state index in [-0.39, 0.29) is 16.8 Å². The van der Waals surface area contributed by atoms with Gasteiger partial charge in [-0.25, -0.2) is 4.39 Å². The van der Waals surface area contributed by atoms with Gasteiger partial charge in [0.1, 0.15) is 5.82 Å². The van der Waals surface area contributed by atoms with E-state index in [1.807, 2.05) is 17.5 Å². The van der Waals surface area contributed by atoms with E-state index in [0.29, 0.717) is 13.0 Å². The number of nitrogens with one attached hydrogen (secondary N) is 1. The van der Waals surface area contributed by atoms with Crippen LogP contribution in [0, 0.1) is 22.9 Å². The summed E-state index contributed by atoms with van der Waals surface area (Å²) in [6.45, 7) is 1.74. The molecular formula is C14H13FN2O3S. The molecule has 0 aliphatic rings. The zero-order valence-electron chi connectivity index (χ0n) is 11.3. The monoisotopic (exact) mass is 308 g/mol. The summed E-state index contributed by atoms with van der Waals surface area (Å²) in [5.74, 6) is -1.37. The molecule has 5 nitrogen and oxygen atoms in total. The molecule has 7 heteroatoms. The van der Waals surface area contributed by atoms with E-state index < -0.39 is 16.6 Å². The topological polar surface area (TPSA) is 72.2 Å². The van der Waals surface area contributed by atoms with Crippen molar-refractivity contribution >= 4 is 22.9 Å². The van der Waals surface area contributed by atoms with Crippen LogP contribution in [-0.2, 0) is 6.42 Å². The second kappa shape index (κ2) is 6.45. The van der Waals surface area contributed by atoms with Crippen LogP contribution in [0.15, 0.2) is 29.6 Å². The molecule has 2 rings (SSSR count). The summed E-state index contributed by atoms with van der Waals surface area (Å²) >= 11 is 1.57. The molecule has 0 radical (unpaired) electrons. The van der Waals surface area contributed by atoms with E-state index in [1.165, 1.54) is 6.92 Å². The molecule has 0 fully saturated rings. The molecule has 110 valence electrons. The molecule has 1 heterocycles. The predicted molar refractivity (Wildman–Crippen MR) is 78.1 cm³/mol. The van der Waals surface area contributed by atoms with Crippen LogP contribution in [0.5, 0.6) is 0 Å². The van der Waals surface area contributed by atoms with Crippen LogP contribution in [0.2, 0.25) is 0 Å². The van der Waals surface area contributed by atoms with Crippen molar-refractivity contribution in [2.24, 2.45) is 0 Å². The Morgan fingerprint density at radius 3 is 2.86 bits per heavy atom. The van der Waals surface area contributed by atoms with Gasteiger partial charge in [-0.05, 0) is 30.4 Å². The molecule has 1 amide bonds. The number of carbonyl (C=O) groups excluding carboxylic acids is 1. The first-order valence-corrected chi connectivity index (χ1v) is 7.12. The normalized spacial score (nSPS) is 10.4. The maximum Gasteiger partial charge on any atom is 0.270 e. The van der Waals surface area contributed by atoms with Gasteiger partial charge in [-0.15, -0.1) is 11.3 Å². The van der Waals surface area contributed by atoms with Gasteiger partial charge in [0.25, 0.3) is 11.6 Å². The smallest absolute Gasteiger partial charge is 0.270 e. The molecule has 0 saturated carbocycles. The highest BCUT2D eigenvalue weighted by Crippen LogP contribution is 2.21. The maximum atomic E-state index is 13.9. The van der Waals surface area contributed by atoms with E-state index >= 15 is 0 Å². The highest BCUT2D eigenvalue weighted by molar-refractivity contribution is 7.09. The molecule has 1 N–H and O–H groups in total. The Morgan fingerprint density at radius 2 is 2.24 bits per heavy atom. The lowest BCUT2D eigenvalue weighted by Crippen LogP contribution is -2.26. The number of carbonyl (C=O) groups is 1. The zero-order valence-corrected chi connectivity index (χ0v) is 12.1. The Kier molecular flexibility index (Phi) is 4.64. The molecule has 0 bridgehead atoms. The summed E-state index contributed by atoms with van der Waals surface area (Å²) in [6, 6.07) is 5.92. The molecule has 0 saturated heterocycles. The van der Waals surface area contributed by atoms with Crippen molar-refractivity contribution in [3.63, 3.8) is 0 Å². The Bertz CT molecular complexity index is 671. The third-order valence-electron chi connectivity index (χ3n) is 2.93. The van der Waals surface area contributed by atoms with Crippen molar-refractivity contribution in [1.29, 1.82) is 0 Å². The number of benzene rings is 1. The summed E-state index contributed by atoms with van der Waals surface area (Å²) in [6.07, 6.45) is 0.638. The number of amides is 1. The number of nitro groups is 1. The van der Waals surface area contributed by atoms with Gasteiger partial charge < -0.3 is 5.32 Å². The number of thiophene rings is 1. The predicted octanol–water partition coefficient (Wildman–Crippen LogP) is 3.08. The van der Waals surface area contributed by atoms with Crippen molar-refractivity contribution < 1.29 is 14.1 Å². The van der Waals surface area contributed by atoms with E-state index in [9.17, 15) is 19.3 Å². The van der Waals surface area contributed by atoms with Gasteiger partial charge in [-0.3, -0.25) is 14.9 Å². The van der Waals surface area contributed by atoms with Crippen molar-refractivity contribution in [3.8, 4) is 0 Å². The van der Waals surface area contributed by atoms with E-state index in [4.69, 9.17) is 0 Å². The van der Waals surface area contributed by atoms with Crippen LogP contribution in [0.1, 0.15) is 20.8 Å². The Hall–Kier alpha value is -2.28. The first kappa shape index (κ1) is 15.1. The summed E-state index contributed by atoms with van der Waals surface area (Å²) < 4.78 is 13.9. The van der Waals surface area contributed by atoms with Gasteiger partial charge in [0.15, 0.2) is 0 Å². The number of nitro benzene ring substituents is 1. The number of rotatable bonds is 5. The Balaban J connectivity index is 2.09. The first-order valence-electron chi connectivity index (χ1n) is 6.24. The molecule has 0 spiro atoms. The van der Waals surface area contributed by atoms with Gasteiger partial charge in [-0.1, -0.05) is 6.07 Å². The Labute approximate surface area is 124 Å². The lowest BCUT2D eigenvalue weighted by molar-refractivity contribution is -0.385. The number of halogens is 1. The third-order valence-corrected chi connectivity index (χ3v) is 3.87. The number of hydrogen-bond acceptors (Lipinski definition) is 4. The van der Waals surface area contributed by atoms with Crippen LogP contribution in [0.4, 0.5) is 10.1 Å². The van der Waals surface area contributed by atoms with E-state index in [2.05, 4.69) is 5.32 Å². The van der Waals surface area contributed by atoms with Crippen molar-refractivity contribution in [3.05, 3.63) is 61.6 Å². The molecule has 0 unspecified atom stereocenters. The van der Waals surface area contributed by atoms with Crippen LogP contribution >= 0.6 is 11.3 Å². The third kappa shape index (κ3) is 3.63. The maximum absolute atomic E-state index is 13.9. The summed E-state index contributed by atoms with van der Waals surface area (Å²) in [5, 5.41) is 15.3. The van der Waals surface area contributed by atoms with Crippen LogP contribution in [0.3, 0.4) is 0 Å². The average molecular weight is 308 g/mol. The first-order chi connectivity index (χ1) is 9.99. The van der Waals surface area contributed by atoms with Crippen LogP contribution in [0.25, 0.3) is 0 Å². The lowest BCUT2D eigenvalue weighted by atomic mass is 10.1. The fourth-order valence-corrected chi connectivity index (χ4v) is 2.58.